The largest absolute Gasteiger partial charge is 0.492 e. The normalized spacial score (nSPS) is 14.6. The molecule has 102 valence electrons. The van der Waals surface area contributed by atoms with Gasteiger partial charge < -0.3 is 14.6 Å². The number of ether oxygens (including phenoxy) is 2. The Bertz CT molecular complexity index is 355. The highest BCUT2D eigenvalue weighted by Gasteiger charge is 2.25. The minimum absolute atomic E-state index is 0.228. The quantitative estimate of drug-likeness (QED) is 0.811. The van der Waals surface area contributed by atoms with Gasteiger partial charge in [-0.3, -0.25) is 4.98 Å². The fourth-order valence-electron chi connectivity index (χ4n) is 1.87. The van der Waals surface area contributed by atoms with Gasteiger partial charge in [0.05, 0.1) is 18.9 Å². The highest BCUT2D eigenvalue weighted by Crippen LogP contribution is 2.26. The van der Waals surface area contributed by atoms with Crippen molar-refractivity contribution in [1.29, 1.82) is 0 Å². The zero-order valence-corrected chi connectivity index (χ0v) is 11.6. The van der Waals surface area contributed by atoms with E-state index in [0.29, 0.717) is 19.0 Å². The van der Waals surface area contributed by atoms with Crippen molar-refractivity contribution in [3.8, 4) is 5.75 Å². The predicted molar refractivity (Wildman–Crippen MR) is 70.6 cm³/mol. The summed E-state index contributed by atoms with van der Waals surface area (Å²) in [7, 11) is 0. The van der Waals surface area contributed by atoms with Crippen molar-refractivity contribution in [2.45, 2.75) is 39.9 Å². The third-order valence-electron chi connectivity index (χ3n) is 2.71. The molecule has 0 radical (unpaired) electrons. The second-order valence-electron chi connectivity index (χ2n) is 4.50. The number of rotatable bonds is 7. The average molecular weight is 253 g/mol. The molecule has 0 aliphatic heterocycles. The van der Waals surface area contributed by atoms with Crippen LogP contribution < -0.4 is 4.74 Å². The number of nitrogens with zero attached hydrogens (tertiary/aromatic N) is 1. The molecular weight excluding hydrogens is 230 g/mol. The molecule has 1 heterocycles. The fourth-order valence-corrected chi connectivity index (χ4v) is 1.87. The molecule has 1 N–H and O–H groups in total. The third-order valence-corrected chi connectivity index (χ3v) is 2.71. The Morgan fingerprint density at radius 3 is 2.50 bits per heavy atom. The summed E-state index contributed by atoms with van der Waals surface area (Å²) < 4.78 is 11.0. The van der Waals surface area contributed by atoms with E-state index in [1.165, 1.54) is 0 Å². The van der Waals surface area contributed by atoms with Gasteiger partial charge >= 0.3 is 0 Å². The molecule has 1 aromatic rings. The van der Waals surface area contributed by atoms with Crippen LogP contribution in [0.3, 0.4) is 0 Å². The van der Waals surface area contributed by atoms with Crippen molar-refractivity contribution >= 4 is 0 Å². The van der Waals surface area contributed by atoms with Gasteiger partial charge in [-0.1, -0.05) is 13.8 Å². The summed E-state index contributed by atoms with van der Waals surface area (Å²) >= 11 is 0. The Kier molecular flexibility index (Phi) is 6.09. The van der Waals surface area contributed by atoms with Crippen molar-refractivity contribution in [2.24, 2.45) is 5.92 Å². The lowest BCUT2D eigenvalue weighted by atomic mass is 9.97. The van der Waals surface area contributed by atoms with Crippen LogP contribution in [0.25, 0.3) is 0 Å². The molecule has 4 nitrogen and oxygen atoms in total. The van der Waals surface area contributed by atoms with Crippen LogP contribution in [-0.2, 0) is 4.74 Å². The lowest BCUT2D eigenvalue weighted by Crippen LogP contribution is -2.28. The topological polar surface area (TPSA) is 51.6 Å². The van der Waals surface area contributed by atoms with Crippen LogP contribution in [0.15, 0.2) is 18.5 Å². The van der Waals surface area contributed by atoms with E-state index in [-0.39, 0.29) is 12.0 Å². The Morgan fingerprint density at radius 1 is 1.22 bits per heavy atom. The first-order valence-corrected chi connectivity index (χ1v) is 6.47. The first kappa shape index (κ1) is 14.9. The van der Waals surface area contributed by atoms with Crippen LogP contribution >= 0.6 is 0 Å². The lowest BCUT2D eigenvalue weighted by Gasteiger charge is -2.26. The number of aliphatic hydroxyl groups excluding tert-OH is 1. The lowest BCUT2D eigenvalue weighted by molar-refractivity contribution is -0.0587. The van der Waals surface area contributed by atoms with Gasteiger partial charge in [-0.05, 0) is 25.8 Å². The van der Waals surface area contributed by atoms with E-state index in [1.54, 1.807) is 12.4 Å². The van der Waals surface area contributed by atoms with E-state index in [4.69, 9.17) is 9.47 Å². The predicted octanol–water partition coefficient (Wildman–Crippen LogP) is 2.57. The minimum atomic E-state index is -0.683. The van der Waals surface area contributed by atoms with E-state index < -0.39 is 6.10 Å². The maximum absolute atomic E-state index is 10.4. The summed E-state index contributed by atoms with van der Waals surface area (Å²) in [4.78, 5) is 4.09. The van der Waals surface area contributed by atoms with Crippen molar-refractivity contribution in [3.63, 3.8) is 0 Å². The fraction of sp³-hybridized carbons (Fsp3) is 0.643. The Morgan fingerprint density at radius 2 is 1.94 bits per heavy atom. The highest BCUT2D eigenvalue weighted by molar-refractivity contribution is 5.25. The molecule has 0 aromatic carbocycles. The van der Waals surface area contributed by atoms with E-state index in [2.05, 4.69) is 4.98 Å². The van der Waals surface area contributed by atoms with Crippen LogP contribution in [-0.4, -0.2) is 29.4 Å². The second-order valence-corrected chi connectivity index (χ2v) is 4.50. The molecule has 0 spiro atoms. The average Bonchev–Trinajstić information content (AvgIpc) is 2.35. The van der Waals surface area contributed by atoms with Crippen molar-refractivity contribution < 1.29 is 14.6 Å². The maximum Gasteiger partial charge on any atom is 0.137 e. The molecule has 0 saturated carbocycles. The summed E-state index contributed by atoms with van der Waals surface area (Å²) in [5.74, 6) is 0.906. The molecule has 2 unspecified atom stereocenters. The first-order chi connectivity index (χ1) is 8.60. The number of aromatic nitrogens is 1. The van der Waals surface area contributed by atoms with Crippen LogP contribution in [0.4, 0.5) is 0 Å². The summed E-state index contributed by atoms with van der Waals surface area (Å²) in [5, 5.41) is 10.4. The van der Waals surface area contributed by atoms with Crippen LogP contribution in [0.1, 0.15) is 39.4 Å². The summed E-state index contributed by atoms with van der Waals surface area (Å²) in [6.07, 6.45) is 2.39. The molecule has 1 aromatic heterocycles. The van der Waals surface area contributed by atoms with Crippen molar-refractivity contribution in [2.75, 3.05) is 13.2 Å². The van der Waals surface area contributed by atoms with E-state index in [1.807, 2.05) is 33.8 Å². The zero-order chi connectivity index (χ0) is 13.5. The number of pyridine rings is 1. The third kappa shape index (κ3) is 3.96. The Labute approximate surface area is 109 Å². The van der Waals surface area contributed by atoms with Gasteiger partial charge in [0.15, 0.2) is 0 Å². The summed E-state index contributed by atoms with van der Waals surface area (Å²) in [6, 6.07) is 1.82. The van der Waals surface area contributed by atoms with Gasteiger partial charge in [-0.25, -0.2) is 0 Å². The molecular formula is C14H23NO3. The molecule has 0 bridgehead atoms. The van der Waals surface area contributed by atoms with Gasteiger partial charge in [-0.2, -0.15) is 0 Å². The van der Waals surface area contributed by atoms with Crippen LogP contribution in [0.5, 0.6) is 5.75 Å². The van der Waals surface area contributed by atoms with Crippen molar-refractivity contribution in [3.05, 3.63) is 24.0 Å². The minimum Gasteiger partial charge on any atom is -0.492 e. The highest BCUT2D eigenvalue weighted by atomic mass is 16.5. The second kappa shape index (κ2) is 7.34. The standard InChI is InChI=1S/C14H23NO3/c1-5-17-12-7-11(8-15-9-12)13(16)14(10(3)4)18-6-2/h7-10,13-14,16H,5-6H2,1-4H3. The molecule has 18 heavy (non-hydrogen) atoms. The monoisotopic (exact) mass is 253 g/mol. The van der Waals surface area contributed by atoms with Gasteiger partial charge in [0, 0.05) is 18.4 Å². The van der Waals surface area contributed by atoms with E-state index in [9.17, 15) is 5.11 Å². The molecule has 0 fully saturated rings. The summed E-state index contributed by atoms with van der Waals surface area (Å²) in [5.41, 5.74) is 0.730. The van der Waals surface area contributed by atoms with Gasteiger partial charge in [0.2, 0.25) is 0 Å². The Hall–Kier alpha value is -1.13. The maximum atomic E-state index is 10.4. The molecule has 0 aliphatic rings. The molecule has 0 amide bonds. The molecule has 4 heteroatoms. The van der Waals surface area contributed by atoms with E-state index >= 15 is 0 Å². The number of hydrogen-bond donors (Lipinski definition) is 1. The zero-order valence-electron chi connectivity index (χ0n) is 11.6. The van der Waals surface area contributed by atoms with Crippen LogP contribution in [0, 0.1) is 5.92 Å². The molecule has 2 atom stereocenters. The number of aliphatic hydroxyl groups is 1. The van der Waals surface area contributed by atoms with Gasteiger partial charge in [-0.15, -0.1) is 0 Å². The van der Waals surface area contributed by atoms with Gasteiger partial charge in [0.1, 0.15) is 11.9 Å². The Balaban J connectivity index is 2.86. The molecule has 0 saturated heterocycles. The smallest absolute Gasteiger partial charge is 0.137 e. The first-order valence-electron chi connectivity index (χ1n) is 6.47. The SMILES string of the molecule is CCOc1cncc(C(O)C(OCC)C(C)C)c1. The van der Waals surface area contributed by atoms with Gasteiger partial charge in [0.25, 0.3) is 0 Å². The van der Waals surface area contributed by atoms with Crippen LogP contribution in [0.2, 0.25) is 0 Å². The molecule has 0 aliphatic carbocycles. The number of hydrogen-bond acceptors (Lipinski definition) is 4. The van der Waals surface area contributed by atoms with Crippen molar-refractivity contribution in [1.82, 2.24) is 4.98 Å². The molecule has 1 rings (SSSR count). The van der Waals surface area contributed by atoms with E-state index in [0.717, 1.165) is 5.56 Å². The summed E-state index contributed by atoms with van der Waals surface area (Å²) in [6.45, 7) is 9.07.